The van der Waals surface area contributed by atoms with Gasteiger partial charge in [0, 0.05) is 16.5 Å². The Morgan fingerprint density at radius 2 is 1.66 bits per heavy atom. The minimum absolute atomic E-state index is 0.208. The summed E-state index contributed by atoms with van der Waals surface area (Å²) in [7, 11) is -4.05. The maximum absolute atomic E-state index is 13.5. The number of rotatable bonds is 13. The van der Waals surface area contributed by atoms with Crippen molar-refractivity contribution in [3.8, 4) is 0 Å². The third kappa shape index (κ3) is 10.7. The molecule has 0 aliphatic carbocycles. The zero-order valence-electron chi connectivity index (χ0n) is 17.6. The van der Waals surface area contributed by atoms with E-state index in [0.29, 0.717) is 22.9 Å². The van der Waals surface area contributed by atoms with Gasteiger partial charge < -0.3 is 15.1 Å². The molecule has 0 saturated carbocycles. The van der Waals surface area contributed by atoms with Gasteiger partial charge in [-0.15, -0.1) is 11.8 Å². The van der Waals surface area contributed by atoms with Crippen LogP contribution in [0.2, 0.25) is 5.02 Å². The zero-order valence-corrected chi connectivity index (χ0v) is 20.0. The minimum atomic E-state index is -4.44. The Morgan fingerprint density at radius 3 is 2.31 bits per heavy atom. The number of benzene rings is 2. The SMILES string of the molecule is O=P(O)(O)CCCNCc1ccc(SCCCCCc2ccc(Cl)cc2)c(C(F)(F)F)c1. The first-order valence-corrected chi connectivity index (χ1v) is 13.5. The van der Waals surface area contributed by atoms with Crippen LogP contribution in [0.3, 0.4) is 0 Å². The Kier molecular flexibility index (Phi) is 11.1. The number of unbranched alkanes of at least 4 members (excludes halogenated alkanes) is 2. The summed E-state index contributed by atoms with van der Waals surface area (Å²) in [5, 5.41) is 3.63. The zero-order chi connectivity index (χ0) is 23.6. The number of nitrogens with one attached hydrogen (secondary N) is 1. The van der Waals surface area contributed by atoms with Gasteiger partial charge in [0.25, 0.3) is 0 Å². The molecule has 0 aromatic heterocycles. The molecular formula is C22H28ClF3NO3PS. The number of halogens is 4. The lowest BCUT2D eigenvalue weighted by Gasteiger charge is -2.15. The molecular weight excluding hydrogens is 482 g/mol. The van der Waals surface area contributed by atoms with Crippen LogP contribution in [0.1, 0.15) is 42.4 Å². The van der Waals surface area contributed by atoms with Crippen LogP contribution in [0, 0.1) is 0 Å². The Bertz CT molecular complexity index is 891. The van der Waals surface area contributed by atoms with E-state index in [1.165, 1.54) is 23.4 Å². The van der Waals surface area contributed by atoms with Gasteiger partial charge in [0.05, 0.1) is 11.7 Å². The highest BCUT2D eigenvalue weighted by Crippen LogP contribution is 2.38. The Morgan fingerprint density at radius 1 is 0.969 bits per heavy atom. The average molecular weight is 510 g/mol. The normalized spacial score (nSPS) is 12.3. The van der Waals surface area contributed by atoms with E-state index in [-0.39, 0.29) is 24.0 Å². The van der Waals surface area contributed by atoms with Gasteiger partial charge in [-0.2, -0.15) is 13.2 Å². The average Bonchev–Trinajstić information content (AvgIpc) is 2.70. The van der Waals surface area contributed by atoms with Crippen molar-refractivity contribution in [3.05, 3.63) is 64.2 Å². The monoisotopic (exact) mass is 509 g/mol. The summed E-state index contributed by atoms with van der Waals surface area (Å²) in [6, 6.07) is 12.0. The topological polar surface area (TPSA) is 69.6 Å². The second-order valence-electron chi connectivity index (χ2n) is 7.53. The van der Waals surface area contributed by atoms with Crippen molar-refractivity contribution < 1.29 is 27.5 Å². The molecule has 2 aromatic rings. The summed E-state index contributed by atoms with van der Waals surface area (Å²) in [4.78, 5) is 17.9. The third-order valence-corrected chi connectivity index (χ3v) is 7.07. The van der Waals surface area contributed by atoms with E-state index in [9.17, 15) is 17.7 Å². The number of hydrogen-bond acceptors (Lipinski definition) is 3. The van der Waals surface area contributed by atoms with Crippen molar-refractivity contribution >= 4 is 31.0 Å². The molecule has 3 N–H and O–H groups in total. The first-order chi connectivity index (χ1) is 15.0. The van der Waals surface area contributed by atoms with E-state index in [1.54, 1.807) is 6.07 Å². The number of aryl methyl sites for hydroxylation is 1. The third-order valence-electron chi connectivity index (χ3n) is 4.76. The molecule has 0 spiro atoms. The Balaban J connectivity index is 1.78. The van der Waals surface area contributed by atoms with Crippen LogP contribution in [0.5, 0.6) is 0 Å². The standard InChI is InChI=1S/C22H28ClF3NO3PS/c23-19-9-6-17(7-10-19)5-2-1-3-14-32-21-11-8-18(15-20(21)22(24,25)26)16-27-12-4-13-31(28,29)30/h6-11,15,27H,1-5,12-14,16H2,(H2,28,29,30). The van der Waals surface area contributed by atoms with Crippen LogP contribution < -0.4 is 5.32 Å². The fourth-order valence-corrected chi connectivity index (χ4v) is 4.88. The molecule has 0 amide bonds. The second kappa shape index (κ2) is 13.0. The highest BCUT2D eigenvalue weighted by Gasteiger charge is 2.33. The van der Waals surface area contributed by atoms with Gasteiger partial charge in [-0.3, -0.25) is 4.57 Å². The van der Waals surface area contributed by atoms with E-state index in [2.05, 4.69) is 5.32 Å². The second-order valence-corrected chi connectivity index (χ2v) is 10.9. The minimum Gasteiger partial charge on any atom is -0.324 e. The van der Waals surface area contributed by atoms with Gasteiger partial charge in [-0.25, -0.2) is 0 Å². The van der Waals surface area contributed by atoms with Gasteiger partial charge in [0.15, 0.2) is 0 Å². The van der Waals surface area contributed by atoms with Gasteiger partial charge in [0.2, 0.25) is 0 Å². The fourth-order valence-electron chi connectivity index (χ4n) is 3.12. The predicted molar refractivity (Wildman–Crippen MR) is 124 cm³/mol. The molecule has 4 nitrogen and oxygen atoms in total. The highest BCUT2D eigenvalue weighted by atomic mass is 35.5. The van der Waals surface area contributed by atoms with Crippen LogP contribution in [-0.4, -0.2) is 28.2 Å². The van der Waals surface area contributed by atoms with Gasteiger partial charge in [-0.1, -0.05) is 36.2 Å². The summed E-state index contributed by atoms with van der Waals surface area (Å²) < 4.78 is 51.4. The Labute approximate surface area is 196 Å². The summed E-state index contributed by atoms with van der Waals surface area (Å²) in [6.07, 6.45) is -0.767. The van der Waals surface area contributed by atoms with E-state index in [1.807, 2.05) is 24.3 Å². The summed E-state index contributed by atoms with van der Waals surface area (Å²) in [5.41, 5.74) is 1.05. The molecule has 0 unspecified atom stereocenters. The predicted octanol–water partition coefficient (Wildman–Crippen LogP) is 6.52. The number of alkyl halides is 3. The van der Waals surface area contributed by atoms with Crippen LogP contribution in [0.25, 0.3) is 0 Å². The molecule has 0 saturated heterocycles. The summed E-state index contributed by atoms with van der Waals surface area (Å²) in [5.74, 6) is 0.615. The van der Waals surface area contributed by atoms with Crippen molar-refractivity contribution in [2.75, 3.05) is 18.5 Å². The summed E-state index contributed by atoms with van der Waals surface area (Å²) in [6.45, 7) is 0.527. The lowest BCUT2D eigenvalue weighted by Crippen LogP contribution is -2.17. The lowest BCUT2D eigenvalue weighted by atomic mass is 10.1. The van der Waals surface area contributed by atoms with Crippen molar-refractivity contribution in [2.45, 2.75) is 49.7 Å². The molecule has 0 fully saturated rings. The molecule has 178 valence electrons. The molecule has 10 heteroatoms. The van der Waals surface area contributed by atoms with Crippen LogP contribution in [0.15, 0.2) is 47.4 Å². The maximum Gasteiger partial charge on any atom is 0.417 e. The van der Waals surface area contributed by atoms with E-state index < -0.39 is 19.3 Å². The quantitative estimate of drug-likeness (QED) is 0.163. The van der Waals surface area contributed by atoms with Gasteiger partial charge in [0.1, 0.15) is 0 Å². The molecule has 32 heavy (non-hydrogen) atoms. The van der Waals surface area contributed by atoms with Gasteiger partial charge in [-0.05, 0) is 73.4 Å². The van der Waals surface area contributed by atoms with Crippen molar-refractivity contribution in [3.63, 3.8) is 0 Å². The molecule has 0 atom stereocenters. The molecule has 2 aromatic carbocycles. The molecule has 0 bridgehead atoms. The van der Waals surface area contributed by atoms with E-state index >= 15 is 0 Å². The van der Waals surface area contributed by atoms with Crippen molar-refractivity contribution in [1.29, 1.82) is 0 Å². The van der Waals surface area contributed by atoms with E-state index in [0.717, 1.165) is 31.7 Å². The van der Waals surface area contributed by atoms with Crippen LogP contribution in [-0.2, 0) is 23.7 Å². The largest absolute Gasteiger partial charge is 0.417 e. The van der Waals surface area contributed by atoms with Crippen LogP contribution in [0.4, 0.5) is 13.2 Å². The first-order valence-electron chi connectivity index (χ1n) is 10.4. The number of hydrogen-bond donors (Lipinski definition) is 3. The maximum atomic E-state index is 13.5. The molecule has 2 rings (SSSR count). The molecule has 0 aliphatic rings. The van der Waals surface area contributed by atoms with Crippen molar-refractivity contribution in [2.24, 2.45) is 0 Å². The Hall–Kier alpha value is -1.02. The van der Waals surface area contributed by atoms with Crippen molar-refractivity contribution in [1.82, 2.24) is 5.32 Å². The highest BCUT2D eigenvalue weighted by molar-refractivity contribution is 7.99. The summed E-state index contributed by atoms with van der Waals surface area (Å²) >= 11 is 7.09. The lowest BCUT2D eigenvalue weighted by molar-refractivity contribution is -0.139. The molecule has 0 heterocycles. The molecule has 0 radical (unpaired) electrons. The first kappa shape index (κ1) is 27.2. The fraction of sp³-hybridized carbons (Fsp3) is 0.455. The van der Waals surface area contributed by atoms with E-state index in [4.69, 9.17) is 21.4 Å². The smallest absolute Gasteiger partial charge is 0.324 e. The van der Waals surface area contributed by atoms with Crippen LogP contribution >= 0.6 is 31.0 Å². The van der Waals surface area contributed by atoms with Gasteiger partial charge >= 0.3 is 13.8 Å². The number of thioether (sulfide) groups is 1. The molecule has 0 aliphatic heterocycles.